The van der Waals surface area contributed by atoms with E-state index in [4.69, 9.17) is 36.4 Å². The zero-order valence-corrected chi connectivity index (χ0v) is 27.7. The van der Waals surface area contributed by atoms with E-state index in [2.05, 4.69) is 5.32 Å². The van der Waals surface area contributed by atoms with Crippen LogP contribution in [0, 0.1) is 5.92 Å². The summed E-state index contributed by atoms with van der Waals surface area (Å²) >= 11 is 5.73. The van der Waals surface area contributed by atoms with E-state index in [1.165, 1.54) is 0 Å². The number of carbonyl (C=O) groups is 3. The minimum absolute atomic E-state index is 0.0526. The Bertz CT molecular complexity index is 1630. The number of Topliss-reactive ketones (excluding diaryl/α,β-unsaturated/α-hetero) is 1. The van der Waals surface area contributed by atoms with Gasteiger partial charge in [-0.15, -0.1) is 0 Å². The SMILES string of the molecule is COc1ccc(C(=O)N2CCN(c3nc(NC(=O)[C@H]4CCCN4C(=S)C(C)CC(C)=O)c4cc(OC)c(OC)cc4n3)CC2)cc1. The molecule has 0 radical (unpaired) electrons. The van der Waals surface area contributed by atoms with Gasteiger partial charge in [0.25, 0.3) is 5.91 Å². The molecule has 2 atom stereocenters. The number of carbonyl (C=O) groups excluding carboxylic acids is 3. The highest BCUT2D eigenvalue weighted by atomic mass is 32.1. The molecule has 1 N–H and O–H groups in total. The first-order chi connectivity index (χ1) is 22.1. The first-order valence-electron chi connectivity index (χ1n) is 15.4. The third-order valence-corrected chi connectivity index (χ3v) is 9.11. The van der Waals surface area contributed by atoms with Crippen molar-refractivity contribution in [3.63, 3.8) is 0 Å². The summed E-state index contributed by atoms with van der Waals surface area (Å²) < 4.78 is 16.3. The molecule has 12 nitrogen and oxygen atoms in total. The molecule has 2 aliphatic heterocycles. The number of rotatable bonds is 10. The Labute approximate surface area is 274 Å². The number of piperazine rings is 1. The number of fused-ring (bicyclic) bond motifs is 1. The summed E-state index contributed by atoms with van der Waals surface area (Å²) in [6, 6.07) is 10.1. The van der Waals surface area contributed by atoms with Crippen LogP contribution in [0.25, 0.3) is 10.9 Å². The summed E-state index contributed by atoms with van der Waals surface area (Å²) in [4.78, 5) is 54.7. The van der Waals surface area contributed by atoms with E-state index in [1.807, 2.05) is 16.7 Å². The first kappa shape index (κ1) is 32.9. The highest BCUT2D eigenvalue weighted by molar-refractivity contribution is 7.80. The molecular weight excluding hydrogens is 608 g/mol. The first-order valence-corrected chi connectivity index (χ1v) is 15.8. The van der Waals surface area contributed by atoms with Gasteiger partial charge in [0.05, 0.1) is 31.8 Å². The summed E-state index contributed by atoms with van der Waals surface area (Å²) in [6.45, 7) is 6.09. The highest BCUT2D eigenvalue weighted by Crippen LogP contribution is 2.36. The molecule has 0 saturated carbocycles. The van der Waals surface area contributed by atoms with Crippen molar-refractivity contribution in [1.29, 1.82) is 0 Å². The quantitative estimate of drug-likeness (QED) is 0.321. The third-order valence-electron chi connectivity index (χ3n) is 8.47. The predicted molar refractivity (Wildman–Crippen MR) is 179 cm³/mol. The summed E-state index contributed by atoms with van der Waals surface area (Å²) in [5, 5.41) is 3.66. The molecule has 5 rings (SSSR count). The van der Waals surface area contributed by atoms with Crippen LogP contribution in [0.4, 0.5) is 11.8 Å². The molecule has 2 aliphatic rings. The third kappa shape index (κ3) is 6.99. The van der Waals surface area contributed by atoms with Gasteiger partial charge < -0.3 is 39.0 Å². The zero-order chi connectivity index (χ0) is 33.0. The van der Waals surface area contributed by atoms with Crippen molar-refractivity contribution in [2.24, 2.45) is 5.92 Å². The fraction of sp³-hybridized carbons (Fsp3) is 0.455. The van der Waals surface area contributed by atoms with Crippen molar-refractivity contribution in [3.8, 4) is 17.2 Å². The van der Waals surface area contributed by atoms with Crippen molar-refractivity contribution in [1.82, 2.24) is 19.8 Å². The largest absolute Gasteiger partial charge is 0.497 e. The standard InChI is InChI=1S/C33H40N6O6S/c1-20(17-21(2)40)32(46)39-12-6-7-26(39)30(41)35-29-24-18-27(44-4)28(45-5)19-25(24)34-33(36-29)38-15-13-37(14-16-38)31(42)22-8-10-23(43-3)11-9-22/h8-11,18-20,26H,6-7,12-17H2,1-5H3,(H,34,35,36,41)/t20?,26-/m1/s1. The molecule has 3 aromatic rings. The Morgan fingerprint density at radius 1 is 0.957 bits per heavy atom. The molecule has 3 heterocycles. The number of aromatic nitrogens is 2. The highest BCUT2D eigenvalue weighted by Gasteiger charge is 2.35. The molecular formula is C33H40N6O6S. The van der Waals surface area contributed by atoms with Crippen LogP contribution in [-0.2, 0) is 9.59 Å². The molecule has 2 aromatic carbocycles. The van der Waals surface area contributed by atoms with Crippen LogP contribution in [0.3, 0.4) is 0 Å². The van der Waals surface area contributed by atoms with E-state index in [9.17, 15) is 14.4 Å². The number of hydrogen-bond donors (Lipinski definition) is 1. The molecule has 46 heavy (non-hydrogen) atoms. The number of nitrogens with one attached hydrogen (secondary N) is 1. The normalized spacial score (nSPS) is 17.1. The van der Waals surface area contributed by atoms with Gasteiger partial charge in [-0.2, -0.15) is 4.98 Å². The lowest BCUT2D eigenvalue weighted by Gasteiger charge is -2.35. The zero-order valence-electron chi connectivity index (χ0n) is 26.9. The number of thiocarbonyl (C=S) groups is 1. The van der Waals surface area contributed by atoms with Crippen molar-refractivity contribution in [3.05, 3.63) is 42.0 Å². The fourth-order valence-corrected chi connectivity index (χ4v) is 6.31. The maximum atomic E-state index is 13.8. The minimum Gasteiger partial charge on any atom is -0.497 e. The smallest absolute Gasteiger partial charge is 0.253 e. The van der Waals surface area contributed by atoms with Crippen LogP contribution in [0.15, 0.2) is 36.4 Å². The Hall–Kier alpha value is -4.52. The van der Waals surface area contributed by atoms with Gasteiger partial charge >= 0.3 is 0 Å². The van der Waals surface area contributed by atoms with Gasteiger partial charge in [-0.1, -0.05) is 19.1 Å². The average molecular weight is 649 g/mol. The molecule has 2 fully saturated rings. The van der Waals surface area contributed by atoms with E-state index >= 15 is 0 Å². The lowest BCUT2D eigenvalue weighted by atomic mass is 10.0. The molecule has 2 saturated heterocycles. The molecule has 0 bridgehead atoms. The number of ketones is 1. The van der Waals surface area contributed by atoms with Crippen molar-refractivity contribution < 1.29 is 28.6 Å². The second-order valence-corrected chi connectivity index (χ2v) is 12.0. The molecule has 244 valence electrons. The second kappa shape index (κ2) is 14.3. The summed E-state index contributed by atoms with van der Waals surface area (Å²) in [7, 11) is 4.69. The predicted octanol–water partition coefficient (Wildman–Crippen LogP) is 3.96. The number of benzene rings is 2. The lowest BCUT2D eigenvalue weighted by Crippen LogP contribution is -2.49. The number of nitrogens with zero attached hydrogens (tertiary/aromatic N) is 5. The van der Waals surface area contributed by atoms with Gasteiger partial charge in [0.1, 0.15) is 23.4 Å². The van der Waals surface area contributed by atoms with Gasteiger partial charge in [-0.25, -0.2) is 4.98 Å². The van der Waals surface area contributed by atoms with E-state index < -0.39 is 6.04 Å². The number of amides is 2. The minimum atomic E-state index is -0.483. The maximum absolute atomic E-state index is 13.8. The Kier molecular flexibility index (Phi) is 10.2. The van der Waals surface area contributed by atoms with Crippen LogP contribution < -0.4 is 24.4 Å². The Morgan fingerprint density at radius 2 is 1.63 bits per heavy atom. The maximum Gasteiger partial charge on any atom is 0.253 e. The van der Waals surface area contributed by atoms with E-state index in [0.717, 1.165) is 6.42 Å². The number of ether oxygens (including phenoxy) is 3. The van der Waals surface area contributed by atoms with Crippen LogP contribution in [-0.4, -0.2) is 102 Å². The molecule has 2 amide bonds. The Balaban J connectivity index is 1.39. The van der Waals surface area contributed by atoms with Gasteiger partial charge in [-0.3, -0.25) is 9.59 Å². The summed E-state index contributed by atoms with van der Waals surface area (Å²) in [6.07, 6.45) is 1.78. The number of likely N-dealkylation sites (tertiary alicyclic amines) is 1. The summed E-state index contributed by atoms with van der Waals surface area (Å²) in [5.41, 5.74) is 1.17. The molecule has 13 heteroatoms. The van der Waals surface area contributed by atoms with Gasteiger partial charge in [-0.05, 0) is 50.1 Å². The summed E-state index contributed by atoms with van der Waals surface area (Å²) in [5.74, 6) is 2.08. The average Bonchev–Trinajstić information content (AvgIpc) is 3.57. The van der Waals surface area contributed by atoms with E-state index in [-0.39, 0.29) is 23.5 Å². The second-order valence-electron chi connectivity index (χ2n) is 11.6. The van der Waals surface area contributed by atoms with Crippen molar-refractivity contribution in [2.45, 2.75) is 39.2 Å². The van der Waals surface area contributed by atoms with Crippen molar-refractivity contribution >= 4 is 57.5 Å². The van der Waals surface area contributed by atoms with Crippen LogP contribution >= 0.6 is 12.2 Å². The molecule has 1 unspecified atom stereocenters. The van der Waals surface area contributed by atoms with Crippen LogP contribution in [0.1, 0.15) is 43.5 Å². The van der Waals surface area contributed by atoms with Gasteiger partial charge in [0, 0.05) is 62.1 Å². The van der Waals surface area contributed by atoms with E-state index in [0.29, 0.717) is 96.0 Å². The molecule has 0 spiro atoms. The molecule has 1 aromatic heterocycles. The topological polar surface area (TPSA) is 126 Å². The Morgan fingerprint density at radius 3 is 2.26 bits per heavy atom. The van der Waals surface area contributed by atoms with Gasteiger partial charge in [0.2, 0.25) is 11.9 Å². The molecule has 0 aliphatic carbocycles. The van der Waals surface area contributed by atoms with Crippen LogP contribution in [0.2, 0.25) is 0 Å². The van der Waals surface area contributed by atoms with E-state index in [1.54, 1.807) is 69.6 Å². The van der Waals surface area contributed by atoms with Crippen molar-refractivity contribution in [2.75, 3.05) is 64.3 Å². The lowest BCUT2D eigenvalue weighted by molar-refractivity contribution is -0.119. The number of anilines is 2. The fourth-order valence-electron chi connectivity index (χ4n) is 6.01. The van der Waals surface area contributed by atoms with Crippen LogP contribution in [0.5, 0.6) is 17.2 Å². The number of methoxy groups -OCH3 is 3. The number of hydrogen-bond acceptors (Lipinski definition) is 10. The monoisotopic (exact) mass is 648 g/mol. The van der Waals surface area contributed by atoms with Gasteiger partial charge in [0.15, 0.2) is 11.5 Å².